The van der Waals surface area contributed by atoms with Gasteiger partial charge < -0.3 is 5.32 Å². The van der Waals surface area contributed by atoms with Gasteiger partial charge in [0.25, 0.3) is 11.5 Å². The van der Waals surface area contributed by atoms with Crippen LogP contribution in [0.3, 0.4) is 0 Å². The van der Waals surface area contributed by atoms with Crippen molar-refractivity contribution >= 4 is 16.9 Å². The number of carbonyl (C=O) groups is 1. The number of fused-ring (bicyclic) bond motifs is 1. The molecule has 2 aromatic rings. The average molecular weight is 360 g/mol. The van der Waals surface area contributed by atoms with Crippen LogP contribution in [0.4, 0.5) is 0 Å². The van der Waals surface area contributed by atoms with Crippen LogP contribution in [0.25, 0.3) is 11.0 Å². The quantitative estimate of drug-likeness (QED) is 0.755. The van der Waals surface area contributed by atoms with E-state index in [-0.39, 0.29) is 17.3 Å². The second-order valence-electron chi connectivity index (χ2n) is 7.21. The molecule has 2 heterocycles. The Balaban J connectivity index is 2.21. The molecular weight excluding hydrogens is 332 g/mol. The van der Waals surface area contributed by atoms with Crippen molar-refractivity contribution in [3.8, 4) is 0 Å². The first-order chi connectivity index (χ1) is 12.3. The van der Waals surface area contributed by atoms with Crippen molar-refractivity contribution in [2.24, 2.45) is 5.92 Å². The van der Waals surface area contributed by atoms with Crippen LogP contribution in [-0.4, -0.2) is 26.5 Å². The van der Waals surface area contributed by atoms with Crippen molar-refractivity contribution in [2.45, 2.75) is 66.0 Å². The number of H-pyrrole nitrogens is 1. The normalized spacial score (nSPS) is 12.5. The Hall–Kier alpha value is -2.44. The summed E-state index contributed by atoms with van der Waals surface area (Å²) in [6.45, 7) is 8.72. The van der Waals surface area contributed by atoms with E-state index >= 15 is 0 Å². The zero-order chi connectivity index (χ0) is 19.3. The third-order valence-corrected chi connectivity index (χ3v) is 4.34. The van der Waals surface area contributed by atoms with Gasteiger partial charge in [-0.25, -0.2) is 9.78 Å². The summed E-state index contributed by atoms with van der Waals surface area (Å²) in [5, 5.41) is 3.19. The molecule has 7 heteroatoms. The van der Waals surface area contributed by atoms with Gasteiger partial charge in [0.1, 0.15) is 5.65 Å². The lowest BCUT2D eigenvalue weighted by molar-refractivity contribution is 0.0937. The zero-order valence-electron chi connectivity index (χ0n) is 16.0. The van der Waals surface area contributed by atoms with Crippen LogP contribution >= 0.6 is 0 Å². The van der Waals surface area contributed by atoms with Crippen molar-refractivity contribution in [1.82, 2.24) is 19.9 Å². The van der Waals surface area contributed by atoms with E-state index in [1.807, 2.05) is 13.8 Å². The first-order valence-corrected chi connectivity index (χ1v) is 9.27. The number of nitrogens with zero attached hydrogens (tertiary/aromatic N) is 2. The number of carbonyl (C=O) groups excluding carboxylic acids is 1. The monoisotopic (exact) mass is 360 g/mol. The largest absolute Gasteiger partial charge is 0.350 e. The fraction of sp³-hybridized carbons (Fsp3) is 0.579. The summed E-state index contributed by atoms with van der Waals surface area (Å²) in [4.78, 5) is 43.0. The molecule has 2 aromatic heterocycles. The zero-order valence-corrected chi connectivity index (χ0v) is 16.0. The summed E-state index contributed by atoms with van der Waals surface area (Å²) in [6.07, 6.45) is 5.24. The molecule has 1 amide bonds. The number of rotatable bonds is 8. The molecule has 142 valence electrons. The summed E-state index contributed by atoms with van der Waals surface area (Å²) in [7, 11) is 0. The summed E-state index contributed by atoms with van der Waals surface area (Å²) in [6, 6.07) is 1.55. The van der Waals surface area contributed by atoms with Gasteiger partial charge in [-0.1, -0.05) is 33.6 Å². The molecule has 0 aliphatic heterocycles. The van der Waals surface area contributed by atoms with Crippen molar-refractivity contribution in [1.29, 1.82) is 0 Å². The Bertz CT molecular complexity index is 882. The van der Waals surface area contributed by atoms with E-state index in [9.17, 15) is 14.4 Å². The van der Waals surface area contributed by atoms with Crippen LogP contribution in [0.15, 0.2) is 21.9 Å². The Kier molecular flexibility index (Phi) is 6.71. The summed E-state index contributed by atoms with van der Waals surface area (Å²) in [5.41, 5.74) is -0.375. The molecule has 0 bridgehead atoms. The van der Waals surface area contributed by atoms with Crippen molar-refractivity contribution < 1.29 is 4.79 Å². The molecule has 0 aliphatic rings. The summed E-state index contributed by atoms with van der Waals surface area (Å²) in [5.74, 6) is 0.388. The average Bonchev–Trinajstić information content (AvgIpc) is 2.57. The minimum atomic E-state index is -0.524. The van der Waals surface area contributed by atoms with Crippen LogP contribution in [0.5, 0.6) is 0 Å². The molecular formula is C19H28N4O3. The maximum atomic E-state index is 12.5. The highest BCUT2D eigenvalue weighted by Crippen LogP contribution is 2.11. The second-order valence-corrected chi connectivity index (χ2v) is 7.21. The third-order valence-electron chi connectivity index (χ3n) is 4.34. The van der Waals surface area contributed by atoms with E-state index in [0.29, 0.717) is 23.7 Å². The van der Waals surface area contributed by atoms with Crippen LogP contribution in [-0.2, 0) is 6.54 Å². The summed E-state index contributed by atoms with van der Waals surface area (Å²) < 4.78 is 1.42. The fourth-order valence-electron chi connectivity index (χ4n) is 2.93. The van der Waals surface area contributed by atoms with Gasteiger partial charge in [-0.15, -0.1) is 0 Å². The lowest BCUT2D eigenvalue weighted by atomic mass is 10.0. The van der Waals surface area contributed by atoms with Gasteiger partial charge in [-0.3, -0.25) is 19.1 Å². The Morgan fingerprint density at radius 1 is 1.27 bits per heavy atom. The molecule has 2 rings (SSSR count). The van der Waals surface area contributed by atoms with Gasteiger partial charge in [-0.05, 0) is 31.7 Å². The van der Waals surface area contributed by atoms with E-state index in [4.69, 9.17) is 0 Å². The number of hydrogen-bond donors (Lipinski definition) is 2. The van der Waals surface area contributed by atoms with Gasteiger partial charge in [0.05, 0.1) is 10.9 Å². The minimum Gasteiger partial charge on any atom is -0.350 e. The van der Waals surface area contributed by atoms with Crippen molar-refractivity contribution in [3.05, 3.63) is 38.7 Å². The highest BCUT2D eigenvalue weighted by molar-refractivity contribution is 5.96. The standard InChI is InChI=1S/C19H28N4O3/c1-5-9-23-16-15(18(25)22-19(23)26)10-14(11-20-16)17(24)21-13(4)8-6-7-12(2)3/h10-13H,5-9H2,1-4H3,(H,21,24)(H,22,25,26). The Morgan fingerprint density at radius 2 is 2.00 bits per heavy atom. The Labute approximate surface area is 152 Å². The van der Waals surface area contributed by atoms with E-state index in [0.717, 1.165) is 25.7 Å². The van der Waals surface area contributed by atoms with E-state index in [2.05, 4.69) is 29.1 Å². The molecule has 0 aromatic carbocycles. The first-order valence-electron chi connectivity index (χ1n) is 9.27. The molecule has 7 nitrogen and oxygen atoms in total. The van der Waals surface area contributed by atoms with E-state index < -0.39 is 11.2 Å². The maximum absolute atomic E-state index is 12.5. The Morgan fingerprint density at radius 3 is 2.65 bits per heavy atom. The number of aromatic nitrogens is 3. The third kappa shape index (κ3) is 4.80. The van der Waals surface area contributed by atoms with Crippen molar-refractivity contribution in [3.63, 3.8) is 0 Å². The molecule has 0 fully saturated rings. The smallest absolute Gasteiger partial charge is 0.329 e. The van der Waals surface area contributed by atoms with Crippen LogP contribution in [0.1, 0.15) is 63.7 Å². The first kappa shape index (κ1) is 19.9. The molecule has 26 heavy (non-hydrogen) atoms. The SMILES string of the molecule is CCCn1c(=O)[nH]c(=O)c2cc(C(=O)NC(C)CCCC(C)C)cnc21. The molecule has 1 unspecified atom stereocenters. The number of amides is 1. The molecule has 0 saturated carbocycles. The molecule has 0 radical (unpaired) electrons. The van der Waals surface area contributed by atoms with Gasteiger partial charge in [0.15, 0.2) is 0 Å². The number of nitrogens with one attached hydrogen (secondary N) is 2. The molecule has 2 N–H and O–H groups in total. The topological polar surface area (TPSA) is 96.9 Å². The molecule has 0 spiro atoms. The van der Waals surface area contributed by atoms with Gasteiger partial charge in [-0.2, -0.15) is 0 Å². The molecule has 0 saturated heterocycles. The maximum Gasteiger partial charge on any atom is 0.329 e. The number of hydrogen-bond acceptors (Lipinski definition) is 4. The lowest BCUT2D eigenvalue weighted by Gasteiger charge is -2.15. The van der Waals surface area contributed by atoms with Gasteiger partial charge >= 0.3 is 5.69 Å². The predicted octanol–water partition coefficient (Wildman–Crippen LogP) is 2.44. The van der Waals surface area contributed by atoms with Gasteiger partial charge in [0.2, 0.25) is 0 Å². The predicted molar refractivity (Wildman–Crippen MR) is 103 cm³/mol. The molecule has 1 atom stereocenters. The van der Waals surface area contributed by atoms with Crippen molar-refractivity contribution in [2.75, 3.05) is 0 Å². The number of aryl methyl sites for hydroxylation is 1. The lowest BCUT2D eigenvalue weighted by Crippen LogP contribution is -2.34. The number of aromatic amines is 1. The van der Waals surface area contributed by atoms with E-state index in [1.54, 1.807) is 0 Å². The highest BCUT2D eigenvalue weighted by Gasteiger charge is 2.14. The number of pyridine rings is 1. The fourth-order valence-corrected chi connectivity index (χ4v) is 2.93. The van der Waals surface area contributed by atoms with Gasteiger partial charge in [0, 0.05) is 18.8 Å². The second kappa shape index (κ2) is 8.78. The van der Waals surface area contributed by atoms with E-state index in [1.165, 1.54) is 16.8 Å². The molecule has 0 aliphatic carbocycles. The summed E-state index contributed by atoms with van der Waals surface area (Å²) >= 11 is 0. The van der Waals surface area contributed by atoms with Crippen LogP contribution < -0.4 is 16.6 Å². The van der Waals surface area contributed by atoms with Crippen LogP contribution in [0, 0.1) is 5.92 Å². The minimum absolute atomic E-state index is 0.0456. The highest BCUT2D eigenvalue weighted by atomic mass is 16.2. The van der Waals surface area contributed by atoms with Crippen LogP contribution in [0.2, 0.25) is 0 Å².